The second-order valence-electron chi connectivity index (χ2n) is 4.10. The minimum absolute atomic E-state index is 0.0544. The molecule has 0 aromatic carbocycles. The number of rotatable bonds is 4. The van der Waals surface area contributed by atoms with Crippen molar-refractivity contribution >= 4 is 5.78 Å². The number of halogens is 1. The zero-order valence-electron chi connectivity index (χ0n) is 8.87. The summed E-state index contributed by atoms with van der Waals surface area (Å²) in [4.78, 5) is 13.2. The van der Waals surface area contributed by atoms with Crippen LogP contribution in [0.15, 0.2) is 12.2 Å². The van der Waals surface area contributed by atoms with E-state index in [-0.39, 0.29) is 11.7 Å². The van der Waals surface area contributed by atoms with Crippen LogP contribution in [0.5, 0.6) is 0 Å². The Balaban J connectivity index is 2.23. The van der Waals surface area contributed by atoms with Crippen molar-refractivity contribution in [3.05, 3.63) is 12.2 Å². The first-order chi connectivity index (χ1) is 6.59. The van der Waals surface area contributed by atoms with Gasteiger partial charge in [0.25, 0.3) is 0 Å². The smallest absolute Gasteiger partial charge is 0.157 e. The van der Waals surface area contributed by atoms with Crippen molar-refractivity contribution in [2.45, 2.75) is 26.4 Å². The fraction of sp³-hybridized carbons (Fsp3) is 0.727. The quantitative estimate of drug-likeness (QED) is 0.644. The van der Waals surface area contributed by atoms with Gasteiger partial charge in [-0.25, -0.2) is 4.39 Å². The van der Waals surface area contributed by atoms with E-state index >= 15 is 0 Å². The predicted molar refractivity (Wildman–Crippen MR) is 54.9 cm³/mol. The largest absolute Gasteiger partial charge is 0.297 e. The summed E-state index contributed by atoms with van der Waals surface area (Å²) < 4.78 is 12.8. The molecule has 0 N–H and O–H groups in total. The molecule has 0 bridgehead atoms. The number of carbonyl (C=O) groups is 1. The lowest BCUT2D eigenvalue weighted by molar-refractivity contribution is -0.117. The van der Waals surface area contributed by atoms with Gasteiger partial charge in [-0.05, 0) is 12.5 Å². The van der Waals surface area contributed by atoms with E-state index in [1.54, 1.807) is 6.08 Å². The molecule has 80 valence electrons. The Morgan fingerprint density at radius 2 is 2.36 bits per heavy atom. The van der Waals surface area contributed by atoms with Crippen LogP contribution in [0, 0.1) is 5.92 Å². The lowest BCUT2D eigenvalue weighted by Gasteiger charge is -2.10. The van der Waals surface area contributed by atoms with Crippen LogP contribution in [0.25, 0.3) is 0 Å². The van der Waals surface area contributed by atoms with Gasteiger partial charge in [0.15, 0.2) is 5.78 Å². The van der Waals surface area contributed by atoms with Gasteiger partial charge in [-0.3, -0.25) is 9.69 Å². The zero-order valence-corrected chi connectivity index (χ0v) is 8.87. The molecule has 1 saturated heterocycles. The Morgan fingerprint density at radius 3 is 2.86 bits per heavy atom. The van der Waals surface area contributed by atoms with E-state index in [4.69, 9.17) is 0 Å². The van der Waals surface area contributed by atoms with E-state index in [0.29, 0.717) is 19.5 Å². The van der Waals surface area contributed by atoms with E-state index in [1.807, 2.05) is 24.8 Å². The second kappa shape index (κ2) is 5.25. The molecule has 0 amide bonds. The Kier molecular flexibility index (Phi) is 4.26. The number of allylic oxidation sites excluding steroid dienone is 1. The number of likely N-dealkylation sites (tertiary alicyclic amines) is 1. The number of hydrogen-bond donors (Lipinski definition) is 0. The van der Waals surface area contributed by atoms with Gasteiger partial charge in [0.2, 0.25) is 0 Å². The third-order valence-corrected chi connectivity index (χ3v) is 2.43. The van der Waals surface area contributed by atoms with Gasteiger partial charge in [0, 0.05) is 25.6 Å². The van der Waals surface area contributed by atoms with Gasteiger partial charge in [-0.1, -0.05) is 19.9 Å². The molecule has 3 heteroatoms. The molecule has 0 aromatic heterocycles. The maximum Gasteiger partial charge on any atom is 0.157 e. The molecular weight excluding hydrogens is 181 g/mol. The Labute approximate surface area is 84.8 Å². The average molecular weight is 199 g/mol. The van der Waals surface area contributed by atoms with Crippen LogP contribution >= 0.6 is 0 Å². The fourth-order valence-corrected chi connectivity index (χ4v) is 1.46. The normalized spacial score (nSPS) is 23.9. The average Bonchev–Trinajstić information content (AvgIpc) is 2.51. The van der Waals surface area contributed by atoms with Crippen LogP contribution in [0.3, 0.4) is 0 Å². The first-order valence-electron chi connectivity index (χ1n) is 5.16. The van der Waals surface area contributed by atoms with Crippen molar-refractivity contribution in [3.8, 4) is 0 Å². The van der Waals surface area contributed by atoms with Gasteiger partial charge in [-0.15, -0.1) is 0 Å². The fourth-order valence-electron chi connectivity index (χ4n) is 1.46. The highest BCUT2D eigenvalue weighted by Gasteiger charge is 2.20. The Hall–Kier alpha value is -0.700. The molecule has 0 spiro atoms. The number of alkyl halides is 1. The molecule has 0 saturated carbocycles. The van der Waals surface area contributed by atoms with Crippen LogP contribution in [-0.4, -0.2) is 36.5 Å². The Morgan fingerprint density at radius 1 is 1.64 bits per heavy atom. The molecular formula is C11H18FNO. The van der Waals surface area contributed by atoms with Gasteiger partial charge in [0.05, 0.1) is 0 Å². The van der Waals surface area contributed by atoms with Crippen molar-refractivity contribution in [1.29, 1.82) is 0 Å². The standard InChI is InChI=1S/C11H18FNO/c1-9(2)11(14)4-3-6-13-7-5-10(12)8-13/h3-4,9-10H,5-8H2,1-2H3/b4-3+/t10-/m0/s1. The molecule has 0 aliphatic carbocycles. The van der Waals surface area contributed by atoms with E-state index in [9.17, 15) is 9.18 Å². The summed E-state index contributed by atoms with van der Waals surface area (Å²) in [5.74, 6) is 0.194. The highest BCUT2D eigenvalue weighted by atomic mass is 19.1. The molecule has 0 radical (unpaired) electrons. The summed E-state index contributed by atoms with van der Waals surface area (Å²) in [5, 5.41) is 0. The first kappa shape index (κ1) is 11.4. The Bertz CT molecular complexity index is 225. The van der Waals surface area contributed by atoms with Crippen LogP contribution in [-0.2, 0) is 4.79 Å². The number of nitrogens with zero attached hydrogens (tertiary/aromatic N) is 1. The minimum Gasteiger partial charge on any atom is -0.297 e. The summed E-state index contributed by atoms with van der Waals surface area (Å²) >= 11 is 0. The maximum absolute atomic E-state index is 12.8. The van der Waals surface area contributed by atoms with Gasteiger partial charge < -0.3 is 0 Å². The molecule has 1 rings (SSSR count). The van der Waals surface area contributed by atoms with E-state index in [1.165, 1.54) is 0 Å². The van der Waals surface area contributed by atoms with Gasteiger partial charge in [-0.2, -0.15) is 0 Å². The van der Waals surface area contributed by atoms with Crippen LogP contribution in [0.4, 0.5) is 4.39 Å². The third kappa shape index (κ3) is 3.58. The highest BCUT2D eigenvalue weighted by molar-refractivity contribution is 5.91. The van der Waals surface area contributed by atoms with Gasteiger partial charge >= 0.3 is 0 Å². The summed E-state index contributed by atoms with van der Waals surface area (Å²) in [6.45, 7) is 5.76. The summed E-state index contributed by atoms with van der Waals surface area (Å²) in [6.07, 6.45) is 3.40. The summed E-state index contributed by atoms with van der Waals surface area (Å²) in [5.41, 5.74) is 0. The van der Waals surface area contributed by atoms with Crippen molar-refractivity contribution < 1.29 is 9.18 Å². The topological polar surface area (TPSA) is 20.3 Å². The molecule has 1 heterocycles. The van der Waals surface area contributed by atoms with Crippen molar-refractivity contribution in [2.75, 3.05) is 19.6 Å². The maximum atomic E-state index is 12.8. The molecule has 1 aliphatic heterocycles. The third-order valence-electron chi connectivity index (χ3n) is 2.43. The van der Waals surface area contributed by atoms with E-state index in [2.05, 4.69) is 0 Å². The summed E-state index contributed by atoms with van der Waals surface area (Å²) in [7, 11) is 0. The number of hydrogen-bond acceptors (Lipinski definition) is 2. The SMILES string of the molecule is CC(C)C(=O)/C=C/CN1CC[C@H](F)C1. The lowest BCUT2D eigenvalue weighted by Crippen LogP contribution is -2.21. The molecule has 2 nitrogen and oxygen atoms in total. The van der Waals surface area contributed by atoms with E-state index < -0.39 is 6.17 Å². The van der Waals surface area contributed by atoms with Gasteiger partial charge in [0.1, 0.15) is 6.17 Å². The number of ketones is 1. The van der Waals surface area contributed by atoms with Crippen molar-refractivity contribution in [1.82, 2.24) is 4.90 Å². The van der Waals surface area contributed by atoms with Crippen LogP contribution in [0.2, 0.25) is 0 Å². The second-order valence-corrected chi connectivity index (χ2v) is 4.10. The highest BCUT2D eigenvalue weighted by Crippen LogP contribution is 2.11. The molecule has 1 aliphatic rings. The monoisotopic (exact) mass is 199 g/mol. The predicted octanol–water partition coefficient (Wildman–Crippen LogP) is 1.81. The molecule has 0 unspecified atom stereocenters. The van der Waals surface area contributed by atoms with Crippen LogP contribution in [0.1, 0.15) is 20.3 Å². The molecule has 0 aromatic rings. The number of carbonyl (C=O) groups excluding carboxylic acids is 1. The molecule has 1 fully saturated rings. The van der Waals surface area contributed by atoms with Crippen molar-refractivity contribution in [3.63, 3.8) is 0 Å². The van der Waals surface area contributed by atoms with E-state index in [0.717, 1.165) is 6.54 Å². The molecule has 1 atom stereocenters. The first-order valence-corrected chi connectivity index (χ1v) is 5.16. The minimum atomic E-state index is -0.677. The lowest BCUT2D eigenvalue weighted by atomic mass is 10.1. The zero-order chi connectivity index (χ0) is 10.6. The summed E-state index contributed by atoms with van der Waals surface area (Å²) in [6, 6.07) is 0. The van der Waals surface area contributed by atoms with Crippen molar-refractivity contribution in [2.24, 2.45) is 5.92 Å². The molecule has 14 heavy (non-hydrogen) atoms. The van der Waals surface area contributed by atoms with Crippen LogP contribution < -0.4 is 0 Å².